The lowest BCUT2D eigenvalue weighted by Gasteiger charge is -2.23. The molecular weight excluding hydrogens is 357 g/mol. The zero-order valence-corrected chi connectivity index (χ0v) is 15.5. The number of hydrogen-bond donors (Lipinski definition) is 2. The highest BCUT2D eigenvalue weighted by Gasteiger charge is 2.36. The summed E-state index contributed by atoms with van der Waals surface area (Å²) in [7, 11) is 0. The molecule has 0 aromatic heterocycles. The van der Waals surface area contributed by atoms with Crippen LogP contribution in [0.15, 0.2) is 42.5 Å². The maximum absolute atomic E-state index is 12.6. The molecule has 2 amide bonds. The molecule has 0 saturated heterocycles. The summed E-state index contributed by atoms with van der Waals surface area (Å²) in [6.45, 7) is 6.67. The fourth-order valence-corrected chi connectivity index (χ4v) is 2.30. The molecule has 0 unspecified atom stereocenters. The zero-order chi connectivity index (χ0) is 20.4. The number of alkyl halides is 3. The van der Waals surface area contributed by atoms with Crippen molar-refractivity contribution in [3.8, 4) is 0 Å². The van der Waals surface area contributed by atoms with Crippen LogP contribution in [-0.4, -0.2) is 11.8 Å². The van der Waals surface area contributed by atoms with Crippen molar-refractivity contribution in [1.82, 2.24) is 0 Å². The topological polar surface area (TPSA) is 58.2 Å². The molecule has 7 heteroatoms. The molecule has 2 rings (SSSR count). The van der Waals surface area contributed by atoms with E-state index in [2.05, 4.69) is 10.6 Å². The van der Waals surface area contributed by atoms with Crippen LogP contribution in [0.4, 0.5) is 24.5 Å². The second kappa shape index (κ2) is 7.42. The second-order valence-electron chi connectivity index (χ2n) is 6.86. The number of aryl methyl sites for hydroxylation is 1. The largest absolute Gasteiger partial charge is 0.416 e. The minimum absolute atomic E-state index is 0.181. The van der Waals surface area contributed by atoms with E-state index in [1.165, 1.54) is 13.8 Å². The Labute approximate surface area is 155 Å². The lowest BCUT2D eigenvalue weighted by Crippen LogP contribution is -2.41. The standard InChI is InChI=1S/C20H21F3N2O2/c1-12-6-5-7-16(13(12)2)25-18(27)19(3,4)17(26)24-15-10-8-14(9-11-15)20(21,22)23/h5-11H,1-4H3,(H,24,26)(H,25,27). The molecule has 4 nitrogen and oxygen atoms in total. The first-order chi connectivity index (χ1) is 12.4. The van der Waals surface area contributed by atoms with Crippen molar-refractivity contribution in [3.63, 3.8) is 0 Å². The van der Waals surface area contributed by atoms with Gasteiger partial charge in [-0.15, -0.1) is 0 Å². The van der Waals surface area contributed by atoms with Crippen LogP contribution in [-0.2, 0) is 15.8 Å². The summed E-state index contributed by atoms with van der Waals surface area (Å²) in [5, 5.41) is 5.22. The van der Waals surface area contributed by atoms with Gasteiger partial charge in [-0.3, -0.25) is 9.59 Å². The van der Waals surface area contributed by atoms with Crippen molar-refractivity contribution in [3.05, 3.63) is 59.2 Å². The number of nitrogens with one attached hydrogen (secondary N) is 2. The van der Waals surface area contributed by atoms with Gasteiger partial charge in [0.25, 0.3) is 0 Å². The van der Waals surface area contributed by atoms with Crippen LogP contribution in [0.1, 0.15) is 30.5 Å². The quantitative estimate of drug-likeness (QED) is 0.742. The summed E-state index contributed by atoms with van der Waals surface area (Å²) in [6, 6.07) is 9.50. The van der Waals surface area contributed by atoms with Crippen LogP contribution in [0, 0.1) is 19.3 Å². The van der Waals surface area contributed by atoms with Crippen LogP contribution < -0.4 is 10.6 Å². The molecule has 27 heavy (non-hydrogen) atoms. The highest BCUT2D eigenvalue weighted by atomic mass is 19.4. The van der Waals surface area contributed by atoms with Crippen LogP contribution in [0.5, 0.6) is 0 Å². The van der Waals surface area contributed by atoms with Crippen LogP contribution in [0.25, 0.3) is 0 Å². The van der Waals surface area contributed by atoms with Gasteiger partial charge in [-0.2, -0.15) is 13.2 Å². The Bertz CT molecular complexity index is 857. The molecule has 0 aliphatic heterocycles. The average molecular weight is 378 g/mol. The Hall–Kier alpha value is -2.83. The first-order valence-corrected chi connectivity index (χ1v) is 8.29. The molecule has 0 spiro atoms. The van der Waals surface area contributed by atoms with Gasteiger partial charge in [0.1, 0.15) is 5.41 Å². The molecule has 0 atom stereocenters. The zero-order valence-electron chi connectivity index (χ0n) is 15.5. The highest BCUT2D eigenvalue weighted by Crippen LogP contribution is 2.30. The number of carbonyl (C=O) groups is 2. The summed E-state index contributed by atoms with van der Waals surface area (Å²) in [5.41, 5.74) is 0.437. The minimum atomic E-state index is -4.45. The van der Waals surface area contributed by atoms with Crippen molar-refractivity contribution >= 4 is 23.2 Å². The van der Waals surface area contributed by atoms with E-state index in [1.807, 2.05) is 19.9 Å². The average Bonchev–Trinajstić information content (AvgIpc) is 2.58. The molecule has 144 valence electrons. The van der Waals surface area contributed by atoms with Crippen LogP contribution in [0.2, 0.25) is 0 Å². The lowest BCUT2D eigenvalue weighted by atomic mass is 9.90. The van der Waals surface area contributed by atoms with E-state index in [9.17, 15) is 22.8 Å². The summed E-state index contributed by atoms with van der Waals surface area (Å²) in [5.74, 6) is -1.13. The summed E-state index contributed by atoms with van der Waals surface area (Å²) in [6.07, 6.45) is -4.45. The minimum Gasteiger partial charge on any atom is -0.325 e. The van der Waals surface area contributed by atoms with Crippen LogP contribution >= 0.6 is 0 Å². The fraction of sp³-hybridized carbons (Fsp3) is 0.300. The number of anilines is 2. The van der Waals surface area contributed by atoms with Gasteiger partial charge in [0.2, 0.25) is 11.8 Å². The summed E-state index contributed by atoms with van der Waals surface area (Å²) < 4.78 is 37.8. The predicted molar refractivity (Wildman–Crippen MR) is 98.4 cm³/mol. The normalized spacial score (nSPS) is 11.8. The molecule has 2 aromatic carbocycles. The molecule has 0 heterocycles. The first-order valence-electron chi connectivity index (χ1n) is 8.29. The van der Waals surface area contributed by atoms with E-state index in [0.29, 0.717) is 5.69 Å². The highest BCUT2D eigenvalue weighted by molar-refractivity contribution is 6.14. The Morgan fingerprint density at radius 3 is 1.96 bits per heavy atom. The predicted octanol–water partition coefficient (Wildman–Crippen LogP) is 4.93. The maximum Gasteiger partial charge on any atom is 0.416 e. The molecule has 0 saturated carbocycles. The molecule has 2 N–H and O–H groups in total. The fourth-order valence-electron chi connectivity index (χ4n) is 2.30. The van der Waals surface area contributed by atoms with Crippen molar-refractivity contribution in [2.45, 2.75) is 33.9 Å². The Morgan fingerprint density at radius 2 is 1.41 bits per heavy atom. The third-order valence-corrected chi connectivity index (χ3v) is 4.46. The van der Waals surface area contributed by atoms with Crippen molar-refractivity contribution in [2.24, 2.45) is 5.41 Å². The lowest BCUT2D eigenvalue weighted by molar-refractivity contribution is -0.137. The number of rotatable bonds is 4. The molecule has 0 bridgehead atoms. The summed E-state index contributed by atoms with van der Waals surface area (Å²) in [4.78, 5) is 25.1. The van der Waals surface area contributed by atoms with E-state index in [-0.39, 0.29) is 5.69 Å². The molecule has 0 aliphatic carbocycles. The van der Waals surface area contributed by atoms with Gasteiger partial charge in [-0.1, -0.05) is 12.1 Å². The molecular formula is C20H21F3N2O2. The van der Waals surface area contributed by atoms with E-state index in [0.717, 1.165) is 35.4 Å². The van der Waals surface area contributed by atoms with Crippen molar-refractivity contribution in [2.75, 3.05) is 10.6 Å². The Morgan fingerprint density at radius 1 is 0.852 bits per heavy atom. The smallest absolute Gasteiger partial charge is 0.325 e. The molecule has 2 aromatic rings. The monoisotopic (exact) mass is 378 g/mol. The molecule has 0 aliphatic rings. The molecule has 0 radical (unpaired) electrons. The maximum atomic E-state index is 12.6. The number of hydrogen-bond acceptors (Lipinski definition) is 2. The third-order valence-electron chi connectivity index (χ3n) is 4.46. The van der Waals surface area contributed by atoms with E-state index in [1.54, 1.807) is 12.1 Å². The Balaban J connectivity index is 2.12. The van der Waals surface area contributed by atoms with Crippen molar-refractivity contribution < 1.29 is 22.8 Å². The number of amides is 2. The van der Waals surface area contributed by atoms with Crippen molar-refractivity contribution in [1.29, 1.82) is 0 Å². The van der Waals surface area contributed by atoms with Crippen LogP contribution in [0.3, 0.4) is 0 Å². The van der Waals surface area contributed by atoms with Gasteiger partial charge in [0.05, 0.1) is 5.56 Å². The second-order valence-corrected chi connectivity index (χ2v) is 6.86. The van der Waals surface area contributed by atoms with Gasteiger partial charge in [-0.05, 0) is 69.2 Å². The molecule has 0 fully saturated rings. The number of halogens is 3. The summed E-state index contributed by atoms with van der Waals surface area (Å²) >= 11 is 0. The van der Waals surface area contributed by atoms with Gasteiger partial charge < -0.3 is 10.6 Å². The van der Waals surface area contributed by atoms with Gasteiger partial charge in [0, 0.05) is 11.4 Å². The third kappa shape index (κ3) is 4.67. The first kappa shape index (κ1) is 20.5. The van der Waals surface area contributed by atoms with E-state index >= 15 is 0 Å². The van der Waals surface area contributed by atoms with E-state index < -0.39 is 29.0 Å². The van der Waals surface area contributed by atoms with E-state index in [4.69, 9.17) is 0 Å². The Kier molecular flexibility index (Phi) is 5.63. The number of benzene rings is 2. The van der Waals surface area contributed by atoms with Gasteiger partial charge in [-0.25, -0.2) is 0 Å². The number of carbonyl (C=O) groups excluding carboxylic acids is 2. The van der Waals surface area contributed by atoms with Gasteiger partial charge >= 0.3 is 6.18 Å². The van der Waals surface area contributed by atoms with Gasteiger partial charge in [0.15, 0.2) is 0 Å². The SMILES string of the molecule is Cc1cccc(NC(=O)C(C)(C)C(=O)Nc2ccc(C(F)(F)F)cc2)c1C.